The summed E-state index contributed by atoms with van der Waals surface area (Å²) in [5.74, 6) is -1.07. The predicted molar refractivity (Wildman–Crippen MR) is 121 cm³/mol. The first kappa shape index (κ1) is 21.1. The number of amides is 1. The summed E-state index contributed by atoms with van der Waals surface area (Å²) in [5.41, 5.74) is 5.04. The molecule has 0 unspecified atom stereocenters. The molecule has 0 saturated carbocycles. The zero-order valence-corrected chi connectivity index (χ0v) is 18.3. The van der Waals surface area contributed by atoms with Crippen LogP contribution in [0.15, 0.2) is 48.5 Å². The van der Waals surface area contributed by atoms with E-state index in [9.17, 15) is 14.7 Å². The number of benzene rings is 2. The molecule has 160 valence electrons. The molecule has 1 heterocycles. The van der Waals surface area contributed by atoms with Crippen molar-refractivity contribution in [1.82, 2.24) is 4.98 Å². The number of carbonyl (C=O) groups excluding carboxylic acids is 1. The van der Waals surface area contributed by atoms with Gasteiger partial charge < -0.3 is 9.84 Å². The Kier molecular flexibility index (Phi) is 6.04. The van der Waals surface area contributed by atoms with Gasteiger partial charge in [-0.25, -0.2) is 14.6 Å². The molecule has 1 aliphatic rings. The largest absolute Gasteiger partial charge is 0.477 e. The second-order valence-electron chi connectivity index (χ2n) is 7.53. The van der Waals surface area contributed by atoms with Crippen molar-refractivity contribution in [1.29, 1.82) is 0 Å². The first-order valence-corrected chi connectivity index (χ1v) is 11.2. The van der Waals surface area contributed by atoms with E-state index in [4.69, 9.17) is 4.74 Å². The third-order valence-electron chi connectivity index (χ3n) is 5.50. The maximum absolute atomic E-state index is 13.0. The molecule has 0 saturated heterocycles. The van der Waals surface area contributed by atoms with Crippen LogP contribution in [0.5, 0.6) is 0 Å². The van der Waals surface area contributed by atoms with E-state index in [2.05, 4.69) is 29.2 Å². The minimum absolute atomic E-state index is 0.0306. The summed E-state index contributed by atoms with van der Waals surface area (Å²) in [6.07, 6.45) is 1.16. The number of aromatic carboxylic acids is 1. The van der Waals surface area contributed by atoms with Gasteiger partial charge in [0, 0.05) is 12.5 Å². The fraction of sp³-hybridized carbons (Fsp3) is 0.292. The summed E-state index contributed by atoms with van der Waals surface area (Å²) in [6.45, 7) is 4.32. The van der Waals surface area contributed by atoms with E-state index < -0.39 is 12.1 Å². The average molecular weight is 437 g/mol. The number of anilines is 1. The zero-order chi connectivity index (χ0) is 22.0. The molecule has 0 fully saturated rings. The van der Waals surface area contributed by atoms with E-state index in [0.29, 0.717) is 17.4 Å². The predicted octanol–water partition coefficient (Wildman–Crippen LogP) is 5.71. The van der Waals surface area contributed by atoms with Crippen molar-refractivity contribution in [3.8, 4) is 11.1 Å². The minimum atomic E-state index is -1.04. The third kappa shape index (κ3) is 4.05. The maximum atomic E-state index is 13.0. The average Bonchev–Trinajstić information content (AvgIpc) is 3.31. The van der Waals surface area contributed by atoms with Gasteiger partial charge in [-0.2, -0.15) is 0 Å². The van der Waals surface area contributed by atoms with Crippen LogP contribution >= 0.6 is 11.3 Å². The number of fused-ring (bicyclic) bond motifs is 3. The number of hydrogen-bond donors (Lipinski definition) is 1. The number of aryl methyl sites for hydroxylation is 1. The van der Waals surface area contributed by atoms with Crippen LogP contribution in [0.4, 0.5) is 9.93 Å². The number of aromatic nitrogens is 1. The summed E-state index contributed by atoms with van der Waals surface area (Å²) < 4.78 is 5.77. The Morgan fingerprint density at radius 3 is 2.26 bits per heavy atom. The highest BCUT2D eigenvalue weighted by Crippen LogP contribution is 2.44. The van der Waals surface area contributed by atoms with E-state index in [1.54, 1.807) is 6.92 Å². The molecule has 0 atom stereocenters. The zero-order valence-electron chi connectivity index (χ0n) is 17.5. The number of rotatable bonds is 7. The topological polar surface area (TPSA) is 79.7 Å². The number of carboxylic acids is 1. The van der Waals surface area contributed by atoms with Crippen LogP contribution in [0.1, 0.15) is 52.2 Å². The van der Waals surface area contributed by atoms with Crippen LogP contribution in [0.2, 0.25) is 0 Å². The Bertz CT molecular complexity index is 1080. The second-order valence-corrected chi connectivity index (χ2v) is 8.50. The highest BCUT2D eigenvalue weighted by atomic mass is 32.1. The van der Waals surface area contributed by atoms with Gasteiger partial charge in [-0.3, -0.25) is 4.90 Å². The van der Waals surface area contributed by atoms with Crippen molar-refractivity contribution in [3.05, 3.63) is 70.2 Å². The lowest BCUT2D eigenvalue weighted by molar-refractivity contribution is 0.0701. The van der Waals surface area contributed by atoms with E-state index in [1.165, 1.54) is 16.0 Å². The second kappa shape index (κ2) is 8.89. The molecule has 4 rings (SSSR count). The molecule has 6 nitrogen and oxygen atoms in total. The van der Waals surface area contributed by atoms with Gasteiger partial charge in [-0.1, -0.05) is 73.2 Å². The van der Waals surface area contributed by atoms with E-state index in [1.807, 2.05) is 31.2 Å². The first-order chi connectivity index (χ1) is 15.0. The molecular formula is C24H24N2O4S. The van der Waals surface area contributed by atoms with Crippen molar-refractivity contribution < 1.29 is 19.4 Å². The summed E-state index contributed by atoms with van der Waals surface area (Å²) in [5, 5.41) is 9.71. The molecule has 0 spiro atoms. The number of ether oxygens (including phenoxy) is 1. The number of nitrogens with zero attached hydrogens (tertiary/aromatic N) is 2. The van der Waals surface area contributed by atoms with Crippen molar-refractivity contribution in [3.63, 3.8) is 0 Å². The fourth-order valence-electron chi connectivity index (χ4n) is 3.95. The van der Waals surface area contributed by atoms with Crippen LogP contribution in [0.3, 0.4) is 0 Å². The quantitative estimate of drug-likeness (QED) is 0.513. The molecule has 0 aliphatic heterocycles. The number of hydrogen-bond acceptors (Lipinski definition) is 5. The molecule has 2 aromatic carbocycles. The van der Waals surface area contributed by atoms with Gasteiger partial charge in [0.05, 0.1) is 5.69 Å². The summed E-state index contributed by atoms with van der Waals surface area (Å²) in [4.78, 5) is 30.4. The maximum Gasteiger partial charge on any atom is 0.416 e. The normalized spacial score (nSPS) is 12.3. The van der Waals surface area contributed by atoms with E-state index >= 15 is 0 Å². The van der Waals surface area contributed by atoms with Gasteiger partial charge in [0.1, 0.15) is 11.5 Å². The van der Waals surface area contributed by atoms with Gasteiger partial charge in [-0.15, -0.1) is 0 Å². The van der Waals surface area contributed by atoms with Gasteiger partial charge in [0.25, 0.3) is 0 Å². The molecule has 1 aliphatic carbocycles. The Hall–Kier alpha value is -3.19. The third-order valence-corrected chi connectivity index (χ3v) is 6.67. The van der Waals surface area contributed by atoms with Crippen molar-refractivity contribution in [2.75, 3.05) is 18.1 Å². The highest BCUT2D eigenvalue weighted by molar-refractivity contribution is 7.17. The molecular weight excluding hydrogens is 412 g/mol. The lowest BCUT2D eigenvalue weighted by atomic mass is 9.98. The summed E-state index contributed by atoms with van der Waals surface area (Å²) >= 11 is 1.00. The van der Waals surface area contributed by atoms with Crippen LogP contribution < -0.4 is 4.90 Å². The van der Waals surface area contributed by atoms with Gasteiger partial charge in [0.2, 0.25) is 0 Å². The van der Waals surface area contributed by atoms with E-state index in [0.717, 1.165) is 35.3 Å². The number of thiazole rings is 1. The molecule has 31 heavy (non-hydrogen) atoms. The SMILES string of the molecule is CCCCN(C(=O)OCC1c2ccccc2-c2ccccc21)c1nc(C)c(C(=O)O)s1. The molecule has 1 amide bonds. The monoisotopic (exact) mass is 436 g/mol. The van der Waals surface area contributed by atoms with Gasteiger partial charge in [0.15, 0.2) is 5.13 Å². The number of unbranched alkanes of at least 4 members (excludes halogenated alkanes) is 1. The standard InChI is InChI=1S/C24H24N2O4S/c1-3-4-13-26(23-25-15(2)21(31-23)22(27)28)24(29)30-14-20-18-11-7-5-9-16(18)17-10-6-8-12-19(17)20/h5-12,20H,3-4,13-14H2,1-2H3,(H,27,28). The number of carbonyl (C=O) groups is 2. The van der Waals surface area contributed by atoms with Crippen molar-refractivity contribution >= 4 is 28.5 Å². The summed E-state index contributed by atoms with van der Waals surface area (Å²) in [6, 6.07) is 16.4. The molecule has 0 bridgehead atoms. The van der Waals surface area contributed by atoms with Crippen LogP contribution in [-0.2, 0) is 4.74 Å². The smallest absolute Gasteiger partial charge is 0.416 e. The Morgan fingerprint density at radius 1 is 1.10 bits per heavy atom. The molecule has 3 aromatic rings. The van der Waals surface area contributed by atoms with Gasteiger partial charge >= 0.3 is 12.1 Å². The van der Waals surface area contributed by atoms with Crippen LogP contribution in [0, 0.1) is 6.92 Å². The molecule has 7 heteroatoms. The molecule has 1 N–H and O–H groups in total. The van der Waals surface area contributed by atoms with Crippen molar-refractivity contribution in [2.45, 2.75) is 32.6 Å². The first-order valence-electron chi connectivity index (χ1n) is 10.3. The molecule has 1 aromatic heterocycles. The van der Waals surface area contributed by atoms with Gasteiger partial charge in [-0.05, 0) is 35.6 Å². The Morgan fingerprint density at radius 2 is 1.71 bits per heavy atom. The van der Waals surface area contributed by atoms with Crippen LogP contribution in [-0.4, -0.2) is 35.3 Å². The lowest BCUT2D eigenvalue weighted by Crippen LogP contribution is -2.33. The Balaban J connectivity index is 1.56. The minimum Gasteiger partial charge on any atom is -0.477 e. The number of carboxylic acid groups (broad SMARTS) is 1. The fourth-order valence-corrected chi connectivity index (χ4v) is 4.87. The summed E-state index contributed by atoms with van der Waals surface area (Å²) in [7, 11) is 0. The van der Waals surface area contributed by atoms with Crippen molar-refractivity contribution in [2.24, 2.45) is 0 Å². The highest BCUT2D eigenvalue weighted by Gasteiger charge is 2.30. The van der Waals surface area contributed by atoms with Crippen LogP contribution in [0.25, 0.3) is 11.1 Å². The lowest BCUT2D eigenvalue weighted by Gasteiger charge is -2.21. The Labute approximate surface area is 185 Å². The molecule has 0 radical (unpaired) electrons. The van der Waals surface area contributed by atoms with E-state index in [-0.39, 0.29) is 17.4 Å².